The first-order valence-corrected chi connectivity index (χ1v) is 12.7. The van der Waals surface area contributed by atoms with Crippen molar-refractivity contribution < 1.29 is 19.4 Å². The zero-order valence-corrected chi connectivity index (χ0v) is 20.1. The monoisotopic (exact) mass is 479 g/mol. The highest BCUT2D eigenvalue weighted by atomic mass is 16.5. The van der Waals surface area contributed by atoms with Gasteiger partial charge < -0.3 is 24.0 Å². The Morgan fingerprint density at radius 1 is 1.11 bits per heavy atom. The zero-order valence-electron chi connectivity index (χ0n) is 20.1. The van der Waals surface area contributed by atoms with Crippen LogP contribution in [0.15, 0.2) is 41.2 Å². The lowest BCUT2D eigenvalue weighted by molar-refractivity contribution is -0.142. The van der Waals surface area contributed by atoms with Gasteiger partial charge in [0.25, 0.3) is 5.56 Å². The lowest BCUT2D eigenvalue weighted by Crippen LogP contribution is -2.48. The van der Waals surface area contributed by atoms with E-state index < -0.39 is 0 Å². The molecule has 0 unspecified atom stereocenters. The summed E-state index contributed by atoms with van der Waals surface area (Å²) in [5.41, 5.74) is 2.18. The third-order valence-electron chi connectivity index (χ3n) is 8.34. The van der Waals surface area contributed by atoms with Gasteiger partial charge >= 0.3 is 0 Å². The Kier molecular flexibility index (Phi) is 5.90. The molecule has 0 spiro atoms. The van der Waals surface area contributed by atoms with Gasteiger partial charge in [0.05, 0.1) is 37.8 Å². The Morgan fingerprint density at radius 2 is 1.89 bits per heavy atom. The van der Waals surface area contributed by atoms with E-state index in [1.807, 2.05) is 45.9 Å². The summed E-state index contributed by atoms with van der Waals surface area (Å²) < 4.78 is 12.8. The molecule has 186 valence electrons. The number of amides is 1. The molecule has 2 saturated heterocycles. The highest BCUT2D eigenvalue weighted by molar-refractivity contribution is 5.81. The molecule has 0 radical (unpaired) electrons. The van der Waals surface area contributed by atoms with Crippen molar-refractivity contribution in [2.75, 3.05) is 46.6 Å². The molecule has 1 amide bonds. The number of aliphatic hydroxyl groups is 1. The Labute approximate surface area is 205 Å². The number of hydrogen-bond acceptors (Lipinski definition) is 6. The topological polar surface area (TPSA) is 84.2 Å². The van der Waals surface area contributed by atoms with Crippen molar-refractivity contribution in [3.05, 3.63) is 52.4 Å². The summed E-state index contributed by atoms with van der Waals surface area (Å²) in [6.45, 7) is 3.58. The van der Waals surface area contributed by atoms with Crippen molar-refractivity contribution in [3.63, 3.8) is 0 Å². The highest BCUT2D eigenvalue weighted by Crippen LogP contribution is 2.50. The van der Waals surface area contributed by atoms with Crippen LogP contribution >= 0.6 is 0 Å². The van der Waals surface area contributed by atoms with Crippen molar-refractivity contribution in [2.45, 2.75) is 31.5 Å². The number of ether oxygens (including phenoxy) is 2. The molecule has 1 aromatic heterocycles. The van der Waals surface area contributed by atoms with Gasteiger partial charge in [0, 0.05) is 56.0 Å². The molecule has 1 saturated carbocycles. The number of hydrogen-bond donors (Lipinski definition) is 1. The molecule has 1 aliphatic carbocycles. The van der Waals surface area contributed by atoms with E-state index in [2.05, 4.69) is 4.90 Å². The molecule has 4 heterocycles. The number of carbonyl (C=O) groups is 1. The molecule has 1 N–H and O–H groups in total. The van der Waals surface area contributed by atoms with Crippen LogP contribution in [0.25, 0.3) is 11.1 Å². The number of para-hydroxylation sites is 1. The number of fused-ring (bicyclic) bond motifs is 4. The Balaban J connectivity index is 1.44. The molecular weight excluding hydrogens is 446 g/mol. The number of benzene rings is 1. The first kappa shape index (κ1) is 22.8. The molecule has 8 heteroatoms. The van der Waals surface area contributed by atoms with E-state index in [0.29, 0.717) is 50.1 Å². The second kappa shape index (κ2) is 9.08. The second-order valence-corrected chi connectivity index (χ2v) is 10.3. The molecule has 2 bridgehead atoms. The van der Waals surface area contributed by atoms with Crippen LogP contribution < -0.4 is 10.3 Å². The Bertz CT molecular complexity index is 1170. The van der Waals surface area contributed by atoms with Crippen LogP contribution in [0.2, 0.25) is 0 Å². The molecule has 2 aromatic rings. The summed E-state index contributed by atoms with van der Waals surface area (Å²) in [6, 6.07) is 11.2. The van der Waals surface area contributed by atoms with Crippen LogP contribution in [-0.4, -0.2) is 78.0 Å². The maximum Gasteiger partial charge on any atom is 0.258 e. The second-order valence-electron chi connectivity index (χ2n) is 10.3. The number of rotatable bonds is 6. The quantitative estimate of drug-likeness (QED) is 0.680. The van der Waals surface area contributed by atoms with E-state index in [-0.39, 0.29) is 42.0 Å². The van der Waals surface area contributed by atoms with Gasteiger partial charge in [-0.1, -0.05) is 18.2 Å². The molecular formula is C27H33N3O5. The van der Waals surface area contributed by atoms with E-state index >= 15 is 0 Å². The molecule has 4 atom stereocenters. The van der Waals surface area contributed by atoms with Crippen molar-refractivity contribution in [1.82, 2.24) is 14.4 Å². The average Bonchev–Trinajstić information content (AvgIpc) is 3.69. The van der Waals surface area contributed by atoms with Crippen molar-refractivity contribution >= 4 is 5.91 Å². The van der Waals surface area contributed by atoms with Gasteiger partial charge in [-0.25, -0.2) is 0 Å². The number of methoxy groups -OCH3 is 1. The largest absolute Gasteiger partial charge is 0.496 e. The molecule has 4 aliphatic rings. The lowest BCUT2D eigenvalue weighted by Gasteiger charge is -2.39. The van der Waals surface area contributed by atoms with Crippen molar-refractivity contribution in [2.24, 2.45) is 17.8 Å². The van der Waals surface area contributed by atoms with E-state index in [4.69, 9.17) is 9.47 Å². The summed E-state index contributed by atoms with van der Waals surface area (Å²) in [5.74, 6) is 0.807. The summed E-state index contributed by atoms with van der Waals surface area (Å²) in [6.07, 6.45) is 2.42. The number of pyridine rings is 1. The molecule has 1 aromatic carbocycles. The van der Waals surface area contributed by atoms with Crippen molar-refractivity contribution in [3.8, 4) is 16.9 Å². The van der Waals surface area contributed by atoms with Crippen LogP contribution in [-0.2, 0) is 16.1 Å². The van der Waals surface area contributed by atoms with Crippen LogP contribution in [0.4, 0.5) is 0 Å². The fourth-order valence-electron chi connectivity index (χ4n) is 6.42. The van der Waals surface area contributed by atoms with Gasteiger partial charge in [0.2, 0.25) is 5.91 Å². The lowest BCUT2D eigenvalue weighted by atomic mass is 9.86. The summed E-state index contributed by atoms with van der Waals surface area (Å²) in [7, 11) is 1.61. The van der Waals surface area contributed by atoms with Gasteiger partial charge in [0.1, 0.15) is 5.75 Å². The van der Waals surface area contributed by atoms with Gasteiger partial charge in [-0.15, -0.1) is 0 Å². The predicted octanol–water partition coefficient (Wildman–Crippen LogP) is 1.76. The minimum absolute atomic E-state index is 0.0429. The van der Waals surface area contributed by atoms with E-state index in [1.165, 1.54) is 12.8 Å². The summed E-state index contributed by atoms with van der Waals surface area (Å²) in [4.78, 5) is 32.0. The third kappa shape index (κ3) is 3.79. The number of aliphatic hydroxyl groups excluding tert-OH is 1. The van der Waals surface area contributed by atoms with E-state index in [0.717, 1.165) is 17.8 Å². The Morgan fingerprint density at radius 3 is 2.60 bits per heavy atom. The number of morpholine rings is 1. The number of nitrogens with zero attached hydrogens (tertiary/aromatic N) is 3. The SMILES string of the molecule is COc1ccccc1-c1ccc2n(c1=O)C[C@H]1[C@H](CO)[C@@H](C(=O)N3CCOCC3)[C@@H]2N1CC1CC1. The van der Waals surface area contributed by atoms with Crippen molar-refractivity contribution in [1.29, 1.82) is 0 Å². The third-order valence-corrected chi connectivity index (χ3v) is 8.34. The number of aromatic nitrogens is 1. The number of carbonyl (C=O) groups excluding carboxylic acids is 1. The van der Waals surface area contributed by atoms with E-state index in [1.54, 1.807) is 7.11 Å². The van der Waals surface area contributed by atoms with Crippen LogP contribution in [0.3, 0.4) is 0 Å². The first-order chi connectivity index (χ1) is 17.1. The molecule has 8 nitrogen and oxygen atoms in total. The zero-order chi connectivity index (χ0) is 24.1. The van der Waals surface area contributed by atoms with Gasteiger partial charge in [-0.3, -0.25) is 14.5 Å². The fourth-order valence-corrected chi connectivity index (χ4v) is 6.42. The summed E-state index contributed by atoms with van der Waals surface area (Å²) in [5, 5.41) is 10.5. The minimum atomic E-state index is -0.368. The maximum absolute atomic E-state index is 13.9. The molecule has 3 aliphatic heterocycles. The van der Waals surface area contributed by atoms with Gasteiger partial charge in [0.15, 0.2) is 0 Å². The molecule has 3 fully saturated rings. The fraction of sp³-hybridized carbons (Fsp3) is 0.556. The predicted molar refractivity (Wildman–Crippen MR) is 130 cm³/mol. The normalized spacial score (nSPS) is 28.1. The Hall–Kier alpha value is -2.68. The van der Waals surface area contributed by atoms with Crippen LogP contribution in [0.5, 0.6) is 5.75 Å². The molecule has 35 heavy (non-hydrogen) atoms. The standard InChI is InChI=1S/C27H33N3O5/c1-34-23-5-3-2-4-18(23)19-8-9-21-25-24(27(33)28-10-12-35-13-11-28)20(16-31)22(15-30(21)26(19)32)29(25)14-17-6-7-17/h2-5,8-9,17,20,22,24-25,31H,6-7,10-16H2,1H3/t20-,22-,24+,25+/m0/s1. The molecule has 6 rings (SSSR count). The van der Waals surface area contributed by atoms with Crippen LogP contribution in [0.1, 0.15) is 24.6 Å². The van der Waals surface area contributed by atoms with Crippen LogP contribution in [0, 0.1) is 17.8 Å². The first-order valence-electron chi connectivity index (χ1n) is 12.7. The smallest absolute Gasteiger partial charge is 0.258 e. The van der Waals surface area contributed by atoms with Gasteiger partial charge in [-0.2, -0.15) is 0 Å². The minimum Gasteiger partial charge on any atom is -0.496 e. The van der Waals surface area contributed by atoms with E-state index in [9.17, 15) is 14.7 Å². The highest BCUT2D eigenvalue weighted by Gasteiger charge is 2.57. The average molecular weight is 480 g/mol. The van der Waals surface area contributed by atoms with Gasteiger partial charge in [-0.05, 0) is 37.0 Å². The summed E-state index contributed by atoms with van der Waals surface area (Å²) >= 11 is 0. The maximum atomic E-state index is 13.9.